The number of piperazine rings is 1. The topological polar surface area (TPSA) is 35.5 Å². The van der Waals surface area contributed by atoms with Crippen molar-refractivity contribution < 1.29 is 0 Å². The third-order valence-electron chi connectivity index (χ3n) is 3.86. The number of aromatic nitrogens is 2. The maximum atomic E-state index is 4.32. The Balaban J connectivity index is 1.46. The Bertz CT molecular complexity index is 368. The van der Waals surface area contributed by atoms with Gasteiger partial charge in [-0.1, -0.05) is 0 Å². The highest BCUT2D eigenvalue weighted by Gasteiger charge is 2.27. The second kappa shape index (κ2) is 5.20. The fourth-order valence-corrected chi connectivity index (χ4v) is 2.89. The molecule has 0 spiro atoms. The lowest BCUT2D eigenvalue weighted by molar-refractivity contribution is 0.0881. The highest BCUT2D eigenvalue weighted by Crippen LogP contribution is 2.16. The SMILES string of the molecule is CN1CC(CN2CCN(c3ncccn3)CC2)C1. The van der Waals surface area contributed by atoms with E-state index >= 15 is 0 Å². The van der Waals surface area contributed by atoms with Crippen LogP contribution in [0.2, 0.25) is 0 Å². The lowest BCUT2D eigenvalue weighted by Gasteiger charge is -2.42. The number of hydrogen-bond donors (Lipinski definition) is 0. The molecule has 1 aromatic heterocycles. The number of likely N-dealkylation sites (tertiary alicyclic amines) is 1. The highest BCUT2D eigenvalue weighted by molar-refractivity contribution is 5.29. The molecular weight excluding hydrogens is 226 g/mol. The molecule has 1 aromatic rings. The molecule has 0 atom stereocenters. The highest BCUT2D eigenvalue weighted by atomic mass is 15.3. The van der Waals surface area contributed by atoms with Crippen molar-refractivity contribution in [1.29, 1.82) is 0 Å². The predicted molar refractivity (Wildman–Crippen MR) is 71.7 cm³/mol. The van der Waals surface area contributed by atoms with Gasteiger partial charge in [-0.05, 0) is 19.0 Å². The van der Waals surface area contributed by atoms with E-state index in [-0.39, 0.29) is 0 Å². The summed E-state index contributed by atoms with van der Waals surface area (Å²) < 4.78 is 0. The summed E-state index contributed by atoms with van der Waals surface area (Å²) in [6, 6.07) is 1.87. The fourth-order valence-electron chi connectivity index (χ4n) is 2.89. The molecule has 0 saturated carbocycles. The van der Waals surface area contributed by atoms with Crippen LogP contribution in [0, 0.1) is 5.92 Å². The molecule has 3 rings (SSSR count). The lowest BCUT2D eigenvalue weighted by Crippen LogP contribution is -2.53. The maximum absolute atomic E-state index is 4.32. The largest absolute Gasteiger partial charge is 0.338 e. The van der Waals surface area contributed by atoms with Crippen molar-refractivity contribution in [2.24, 2.45) is 5.92 Å². The van der Waals surface area contributed by atoms with Gasteiger partial charge >= 0.3 is 0 Å². The number of anilines is 1. The van der Waals surface area contributed by atoms with Crippen LogP contribution >= 0.6 is 0 Å². The Morgan fingerprint density at radius 1 is 1.11 bits per heavy atom. The minimum Gasteiger partial charge on any atom is -0.338 e. The summed E-state index contributed by atoms with van der Waals surface area (Å²) in [6.07, 6.45) is 3.64. The van der Waals surface area contributed by atoms with Crippen LogP contribution in [0.4, 0.5) is 5.95 Å². The Labute approximate surface area is 108 Å². The summed E-state index contributed by atoms with van der Waals surface area (Å²) in [4.78, 5) is 15.9. The number of rotatable bonds is 3. The Morgan fingerprint density at radius 3 is 2.39 bits per heavy atom. The molecule has 0 aromatic carbocycles. The second-order valence-corrected chi connectivity index (χ2v) is 5.42. The minimum atomic E-state index is 0.875. The monoisotopic (exact) mass is 247 g/mol. The van der Waals surface area contributed by atoms with E-state index in [9.17, 15) is 0 Å². The van der Waals surface area contributed by atoms with Crippen LogP contribution in [-0.2, 0) is 0 Å². The molecule has 2 saturated heterocycles. The predicted octanol–water partition coefficient (Wildman–Crippen LogP) is 0.160. The molecule has 5 nitrogen and oxygen atoms in total. The molecule has 2 fully saturated rings. The third kappa shape index (κ3) is 2.62. The van der Waals surface area contributed by atoms with E-state index in [1.165, 1.54) is 19.6 Å². The van der Waals surface area contributed by atoms with E-state index in [4.69, 9.17) is 0 Å². The fraction of sp³-hybridized carbons (Fsp3) is 0.692. The van der Waals surface area contributed by atoms with E-state index in [1.54, 1.807) is 0 Å². The van der Waals surface area contributed by atoms with E-state index in [0.717, 1.165) is 38.0 Å². The molecule has 0 radical (unpaired) electrons. The first-order chi connectivity index (χ1) is 8.81. The van der Waals surface area contributed by atoms with Crippen LogP contribution in [0.25, 0.3) is 0 Å². The molecule has 5 heteroatoms. The Kier molecular flexibility index (Phi) is 3.43. The third-order valence-corrected chi connectivity index (χ3v) is 3.86. The van der Waals surface area contributed by atoms with Crippen molar-refractivity contribution in [2.75, 3.05) is 57.8 Å². The van der Waals surface area contributed by atoms with Gasteiger partial charge in [-0.25, -0.2) is 9.97 Å². The van der Waals surface area contributed by atoms with Crippen LogP contribution in [-0.4, -0.2) is 72.6 Å². The summed E-state index contributed by atoms with van der Waals surface area (Å²) in [5, 5.41) is 0. The number of nitrogens with zero attached hydrogens (tertiary/aromatic N) is 5. The van der Waals surface area contributed by atoms with E-state index in [2.05, 4.69) is 31.7 Å². The van der Waals surface area contributed by atoms with Crippen LogP contribution in [0.1, 0.15) is 0 Å². The smallest absolute Gasteiger partial charge is 0.225 e. The van der Waals surface area contributed by atoms with Crippen LogP contribution < -0.4 is 4.90 Å². The van der Waals surface area contributed by atoms with Crippen LogP contribution in [0.15, 0.2) is 18.5 Å². The number of hydrogen-bond acceptors (Lipinski definition) is 5. The zero-order chi connectivity index (χ0) is 12.4. The van der Waals surface area contributed by atoms with Crippen molar-refractivity contribution in [3.05, 3.63) is 18.5 Å². The molecule has 0 N–H and O–H groups in total. The molecule has 2 aliphatic heterocycles. The first-order valence-corrected chi connectivity index (χ1v) is 6.74. The molecule has 0 bridgehead atoms. The zero-order valence-electron chi connectivity index (χ0n) is 11.0. The van der Waals surface area contributed by atoms with E-state index in [1.807, 2.05) is 18.5 Å². The van der Waals surface area contributed by atoms with E-state index in [0.29, 0.717) is 0 Å². The lowest BCUT2D eigenvalue weighted by atomic mass is 10.0. The van der Waals surface area contributed by atoms with Gasteiger partial charge in [0.15, 0.2) is 0 Å². The minimum absolute atomic E-state index is 0.875. The molecule has 0 aliphatic carbocycles. The van der Waals surface area contributed by atoms with Gasteiger partial charge in [-0.2, -0.15) is 0 Å². The summed E-state index contributed by atoms with van der Waals surface area (Å²) in [6.45, 7) is 8.16. The quantitative estimate of drug-likeness (QED) is 0.760. The molecule has 0 unspecified atom stereocenters. The summed E-state index contributed by atoms with van der Waals surface area (Å²) in [5.41, 5.74) is 0. The van der Waals surface area contributed by atoms with Crippen molar-refractivity contribution >= 4 is 5.95 Å². The van der Waals surface area contributed by atoms with Gasteiger partial charge in [0.25, 0.3) is 0 Å². The standard InChI is InChI=1S/C13H21N5/c1-16-9-12(10-16)11-17-5-7-18(8-6-17)13-14-3-2-4-15-13/h2-4,12H,5-11H2,1H3. The zero-order valence-corrected chi connectivity index (χ0v) is 11.0. The Hall–Kier alpha value is -1.20. The average Bonchev–Trinajstić information content (AvgIpc) is 2.39. The van der Waals surface area contributed by atoms with Gasteiger partial charge < -0.3 is 9.80 Å². The van der Waals surface area contributed by atoms with Gasteiger partial charge in [0.05, 0.1) is 0 Å². The first kappa shape index (κ1) is 11.9. The van der Waals surface area contributed by atoms with Crippen LogP contribution in [0.5, 0.6) is 0 Å². The summed E-state index contributed by atoms with van der Waals surface area (Å²) in [5.74, 6) is 1.76. The normalized spacial score (nSPS) is 23.1. The van der Waals surface area contributed by atoms with Gasteiger partial charge in [0.1, 0.15) is 0 Å². The maximum Gasteiger partial charge on any atom is 0.225 e. The molecule has 98 valence electrons. The van der Waals surface area contributed by atoms with Gasteiger partial charge in [-0.15, -0.1) is 0 Å². The summed E-state index contributed by atoms with van der Waals surface area (Å²) in [7, 11) is 2.20. The van der Waals surface area contributed by atoms with Gasteiger partial charge in [-0.3, -0.25) is 4.90 Å². The van der Waals surface area contributed by atoms with Gasteiger partial charge in [0, 0.05) is 58.2 Å². The second-order valence-electron chi connectivity index (χ2n) is 5.42. The molecule has 2 aliphatic rings. The first-order valence-electron chi connectivity index (χ1n) is 6.74. The van der Waals surface area contributed by atoms with Crippen molar-refractivity contribution in [1.82, 2.24) is 19.8 Å². The molecule has 18 heavy (non-hydrogen) atoms. The summed E-state index contributed by atoms with van der Waals surface area (Å²) >= 11 is 0. The Morgan fingerprint density at radius 2 is 1.78 bits per heavy atom. The van der Waals surface area contributed by atoms with Crippen molar-refractivity contribution in [2.45, 2.75) is 0 Å². The van der Waals surface area contributed by atoms with E-state index < -0.39 is 0 Å². The van der Waals surface area contributed by atoms with Crippen molar-refractivity contribution in [3.63, 3.8) is 0 Å². The molecule has 3 heterocycles. The van der Waals surface area contributed by atoms with Crippen LogP contribution in [0.3, 0.4) is 0 Å². The van der Waals surface area contributed by atoms with Gasteiger partial charge in [0.2, 0.25) is 5.95 Å². The van der Waals surface area contributed by atoms with Crippen molar-refractivity contribution in [3.8, 4) is 0 Å². The average molecular weight is 247 g/mol. The molecule has 0 amide bonds. The molecular formula is C13H21N5.